The van der Waals surface area contributed by atoms with E-state index in [2.05, 4.69) is 28.3 Å². The van der Waals surface area contributed by atoms with E-state index in [0.717, 1.165) is 41.8 Å². The SMILES string of the molecule is CN(C(=O)OC(C)(C)C)[C@@H]1CCC[C@H](c2c[nH]c3ccc(N=C(N)c4cccs4)cc23)C1. The van der Waals surface area contributed by atoms with Crippen molar-refractivity contribution in [3.63, 3.8) is 0 Å². The van der Waals surface area contributed by atoms with Crippen LogP contribution in [0.3, 0.4) is 0 Å². The average molecular weight is 453 g/mol. The summed E-state index contributed by atoms with van der Waals surface area (Å²) in [6.07, 6.45) is 5.98. The van der Waals surface area contributed by atoms with Gasteiger partial charge in [0.1, 0.15) is 11.4 Å². The third-order valence-electron chi connectivity index (χ3n) is 6.04. The predicted octanol–water partition coefficient (Wildman–Crippen LogP) is 6.16. The molecule has 0 aliphatic heterocycles. The Hall–Kier alpha value is -2.80. The van der Waals surface area contributed by atoms with Crippen LogP contribution in [0.5, 0.6) is 0 Å². The lowest BCUT2D eigenvalue weighted by molar-refractivity contribution is 0.0180. The summed E-state index contributed by atoms with van der Waals surface area (Å²) in [6.45, 7) is 5.71. The lowest BCUT2D eigenvalue weighted by atomic mass is 9.81. The summed E-state index contributed by atoms with van der Waals surface area (Å²) in [7, 11) is 1.86. The third-order valence-corrected chi connectivity index (χ3v) is 6.93. The molecule has 6 nitrogen and oxygen atoms in total. The van der Waals surface area contributed by atoms with Gasteiger partial charge in [-0.1, -0.05) is 12.5 Å². The fourth-order valence-corrected chi connectivity index (χ4v) is 5.06. The number of amidine groups is 1. The van der Waals surface area contributed by atoms with Gasteiger partial charge in [-0.15, -0.1) is 11.3 Å². The van der Waals surface area contributed by atoms with Crippen molar-refractivity contribution < 1.29 is 9.53 Å². The standard InChI is InChI=1S/C25H32N4O2S/c1-25(2,3)31-24(30)29(4)18-8-5-7-16(13-18)20-15-27-21-11-10-17(14-19(20)21)28-23(26)22-9-6-12-32-22/h6,9-12,14-16,18,27H,5,7-8,13H2,1-4H3,(H2,26,28)/t16-,18+/m0/s1. The molecule has 3 aromatic rings. The van der Waals surface area contributed by atoms with E-state index < -0.39 is 5.60 Å². The topological polar surface area (TPSA) is 83.7 Å². The molecule has 7 heteroatoms. The molecule has 2 atom stereocenters. The Morgan fingerprint density at radius 2 is 2.09 bits per heavy atom. The van der Waals surface area contributed by atoms with Crippen molar-refractivity contribution in [2.24, 2.45) is 10.7 Å². The molecule has 0 spiro atoms. The number of carbonyl (C=O) groups excluding carboxylic acids is 1. The van der Waals surface area contributed by atoms with Crippen LogP contribution in [0.4, 0.5) is 10.5 Å². The number of amides is 1. The normalized spacial score (nSPS) is 19.8. The van der Waals surface area contributed by atoms with Crippen LogP contribution in [0.25, 0.3) is 10.9 Å². The molecular formula is C25H32N4O2S. The molecule has 1 aliphatic rings. The summed E-state index contributed by atoms with van der Waals surface area (Å²) in [5.74, 6) is 0.911. The number of aliphatic imine (C=N–C) groups is 1. The van der Waals surface area contributed by atoms with Gasteiger partial charge in [0, 0.05) is 30.2 Å². The molecule has 1 amide bonds. The van der Waals surface area contributed by atoms with Gasteiger partial charge >= 0.3 is 6.09 Å². The van der Waals surface area contributed by atoms with Gasteiger partial charge < -0.3 is 20.4 Å². The largest absolute Gasteiger partial charge is 0.444 e. The number of aromatic amines is 1. The van der Waals surface area contributed by atoms with Gasteiger partial charge in [-0.3, -0.25) is 0 Å². The molecule has 1 fully saturated rings. The second-order valence-electron chi connectivity index (χ2n) is 9.56. The molecule has 170 valence electrons. The van der Waals surface area contributed by atoms with E-state index in [-0.39, 0.29) is 12.1 Å². The van der Waals surface area contributed by atoms with Crippen molar-refractivity contribution in [1.29, 1.82) is 0 Å². The van der Waals surface area contributed by atoms with Crippen molar-refractivity contribution in [2.75, 3.05) is 7.05 Å². The van der Waals surface area contributed by atoms with Crippen LogP contribution >= 0.6 is 11.3 Å². The number of hydrogen-bond acceptors (Lipinski definition) is 4. The van der Waals surface area contributed by atoms with Crippen LogP contribution in [0, 0.1) is 0 Å². The molecule has 3 N–H and O–H groups in total. The van der Waals surface area contributed by atoms with Gasteiger partial charge in [-0.2, -0.15) is 0 Å². The number of H-pyrrole nitrogens is 1. The summed E-state index contributed by atoms with van der Waals surface area (Å²) >= 11 is 1.59. The monoisotopic (exact) mass is 452 g/mol. The Balaban J connectivity index is 1.55. The highest BCUT2D eigenvalue weighted by atomic mass is 32.1. The molecule has 0 saturated heterocycles. The predicted molar refractivity (Wildman–Crippen MR) is 132 cm³/mol. The molecule has 32 heavy (non-hydrogen) atoms. The minimum Gasteiger partial charge on any atom is -0.444 e. The maximum Gasteiger partial charge on any atom is 0.410 e. The van der Waals surface area contributed by atoms with Gasteiger partial charge in [0.25, 0.3) is 0 Å². The lowest BCUT2D eigenvalue weighted by Crippen LogP contribution is -2.42. The zero-order valence-corrected chi connectivity index (χ0v) is 20.0. The highest BCUT2D eigenvalue weighted by Gasteiger charge is 2.31. The van der Waals surface area contributed by atoms with Gasteiger partial charge in [-0.05, 0) is 81.2 Å². The number of aromatic nitrogens is 1. The Kier molecular flexibility index (Phi) is 6.29. The quantitative estimate of drug-likeness (QED) is 0.367. The second-order valence-corrected chi connectivity index (χ2v) is 10.5. The summed E-state index contributed by atoms with van der Waals surface area (Å²) in [5.41, 5.74) is 8.94. The van der Waals surface area contributed by atoms with Crippen molar-refractivity contribution >= 4 is 39.9 Å². The lowest BCUT2D eigenvalue weighted by Gasteiger charge is -2.36. The summed E-state index contributed by atoms with van der Waals surface area (Å²) < 4.78 is 5.59. The van der Waals surface area contributed by atoms with Crippen molar-refractivity contribution in [2.45, 2.75) is 64.0 Å². The van der Waals surface area contributed by atoms with E-state index in [1.54, 1.807) is 16.2 Å². The number of fused-ring (bicyclic) bond motifs is 1. The van der Waals surface area contributed by atoms with E-state index >= 15 is 0 Å². The van der Waals surface area contributed by atoms with Crippen LogP contribution in [0.2, 0.25) is 0 Å². The number of rotatable bonds is 4. The van der Waals surface area contributed by atoms with Crippen molar-refractivity contribution in [1.82, 2.24) is 9.88 Å². The molecule has 0 bridgehead atoms. The maximum atomic E-state index is 12.6. The summed E-state index contributed by atoms with van der Waals surface area (Å²) in [6, 6.07) is 10.3. The Morgan fingerprint density at radius 1 is 1.28 bits per heavy atom. The minimum atomic E-state index is -0.488. The van der Waals surface area contributed by atoms with Crippen LogP contribution in [-0.4, -0.2) is 40.5 Å². The smallest absolute Gasteiger partial charge is 0.410 e. The molecule has 1 saturated carbocycles. The van der Waals surface area contributed by atoms with E-state index in [9.17, 15) is 4.79 Å². The number of ether oxygens (including phenoxy) is 1. The van der Waals surface area contributed by atoms with Gasteiger partial charge in [0.05, 0.1) is 10.6 Å². The van der Waals surface area contributed by atoms with E-state index in [0.29, 0.717) is 11.8 Å². The Morgan fingerprint density at radius 3 is 2.81 bits per heavy atom. The molecular weight excluding hydrogens is 420 g/mol. The highest BCUT2D eigenvalue weighted by Crippen LogP contribution is 2.39. The molecule has 1 aromatic carbocycles. The van der Waals surface area contributed by atoms with Crippen LogP contribution < -0.4 is 5.73 Å². The van der Waals surface area contributed by atoms with Gasteiger partial charge in [-0.25, -0.2) is 9.79 Å². The first-order valence-corrected chi connectivity index (χ1v) is 12.0. The number of nitrogens with zero attached hydrogens (tertiary/aromatic N) is 2. The summed E-state index contributed by atoms with van der Waals surface area (Å²) in [4.78, 5) is 23.4. The Labute approximate surface area is 193 Å². The number of hydrogen-bond donors (Lipinski definition) is 2. The van der Waals surface area contributed by atoms with E-state index in [4.69, 9.17) is 10.5 Å². The molecule has 2 heterocycles. The van der Waals surface area contributed by atoms with E-state index in [1.807, 2.05) is 51.4 Å². The molecule has 0 radical (unpaired) electrons. The van der Waals surface area contributed by atoms with Crippen LogP contribution in [-0.2, 0) is 4.74 Å². The van der Waals surface area contributed by atoms with Gasteiger partial charge in [0.15, 0.2) is 0 Å². The third kappa shape index (κ3) is 4.99. The first-order valence-electron chi connectivity index (χ1n) is 11.2. The van der Waals surface area contributed by atoms with Gasteiger partial charge in [0.2, 0.25) is 0 Å². The highest BCUT2D eigenvalue weighted by molar-refractivity contribution is 7.12. The molecule has 2 aromatic heterocycles. The maximum absolute atomic E-state index is 12.6. The minimum absolute atomic E-state index is 0.171. The number of carbonyl (C=O) groups is 1. The fraction of sp³-hybridized carbons (Fsp3) is 0.440. The van der Waals surface area contributed by atoms with Crippen molar-refractivity contribution in [3.8, 4) is 0 Å². The van der Waals surface area contributed by atoms with Crippen LogP contribution in [0.1, 0.15) is 62.8 Å². The number of nitrogens with two attached hydrogens (primary N) is 1. The number of thiophene rings is 1. The zero-order chi connectivity index (χ0) is 22.9. The molecule has 4 rings (SSSR count). The first-order chi connectivity index (χ1) is 15.2. The first kappa shape index (κ1) is 22.4. The fourth-order valence-electron chi connectivity index (χ4n) is 4.44. The average Bonchev–Trinajstić information content (AvgIpc) is 3.42. The second kappa shape index (κ2) is 8.98. The molecule has 1 aliphatic carbocycles. The molecule has 0 unspecified atom stereocenters. The van der Waals surface area contributed by atoms with Crippen molar-refractivity contribution in [3.05, 3.63) is 52.3 Å². The van der Waals surface area contributed by atoms with E-state index in [1.165, 1.54) is 10.9 Å². The number of benzene rings is 1. The Bertz CT molecular complexity index is 1110. The summed E-state index contributed by atoms with van der Waals surface area (Å²) in [5, 5.41) is 3.18. The van der Waals surface area contributed by atoms with Crippen LogP contribution in [0.15, 0.2) is 46.9 Å². The zero-order valence-electron chi connectivity index (χ0n) is 19.2. The number of nitrogens with one attached hydrogen (secondary N) is 1.